The minimum atomic E-state index is 0.0844. The molecule has 0 atom stereocenters. The van der Waals surface area contributed by atoms with Crippen molar-refractivity contribution >= 4 is 17.5 Å². The first-order chi connectivity index (χ1) is 14.1. The van der Waals surface area contributed by atoms with Crippen molar-refractivity contribution in [1.82, 2.24) is 15.3 Å². The number of amides is 1. The summed E-state index contributed by atoms with van der Waals surface area (Å²) in [5.41, 5.74) is 4.71. The van der Waals surface area contributed by atoms with Crippen LogP contribution in [0.5, 0.6) is 0 Å². The quantitative estimate of drug-likeness (QED) is 0.845. The fraction of sp³-hybridized carbons (Fsp3) is 0.522. The van der Waals surface area contributed by atoms with Crippen molar-refractivity contribution < 1.29 is 4.79 Å². The highest BCUT2D eigenvalue weighted by molar-refractivity contribution is 5.79. The highest BCUT2D eigenvalue weighted by atomic mass is 16.1. The summed E-state index contributed by atoms with van der Waals surface area (Å²) in [5, 5.41) is 3.14. The molecule has 6 heteroatoms. The van der Waals surface area contributed by atoms with Gasteiger partial charge in [-0.3, -0.25) is 4.79 Å². The van der Waals surface area contributed by atoms with Crippen LogP contribution < -0.4 is 15.1 Å². The van der Waals surface area contributed by atoms with Crippen LogP contribution in [0.1, 0.15) is 42.4 Å². The Labute approximate surface area is 173 Å². The van der Waals surface area contributed by atoms with Gasteiger partial charge in [0.2, 0.25) is 11.9 Å². The van der Waals surface area contributed by atoms with E-state index >= 15 is 0 Å². The molecule has 2 aliphatic heterocycles. The average molecular weight is 394 g/mol. The third kappa shape index (κ3) is 4.69. The monoisotopic (exact) mass is 393 g/mol. The van der Waals surface area contributed by atoms with Crippen molar-refractivity contribution in [3.05, 3.63) is 47.3 Å². The molecule has 2 fully saturated rings. The third-order valence-corrected chi connectivity index (χ3v) is 6.20. The Morgan fingerprint density at radius 1 is 1.03 bits per heavy atom. The number of benzene rings is 1. The number of hydrogen-bond acceptors (Lipinski definition) is 5. The van der Waals surface area contributed by atoms with Crippen molar-refractivity contribution in [2.24, 2.45) is 5.92 Å². The fourth-order valence-electron chi connectivity index (χ4n) is 4.28. The van der Waals surface area contributed by atoms with Crippen molar-refractivity contribution in [3.8, 4) is 0 Å². The lowest BCUT2D eigenvalue weighted by atomic mass is 9.95. The van der Waals surface area contributed by atoms with Crippen LogP contribution in [0.4, 0.5) is 11.6 Å². The molecule has 1 aromatic carbocycles. The number of rotatable bonds is 5. The predicted octanol–water partition coefficient (Wildman–Crippen LogP) is 3.23. The van der Waals surface area contributed by atoms with E-state index in [9.17, 15) is 4.79 Å². The zero-order valence-electron chi connectivity index (χ0n) is 17.5. The first kappa shape index (κ1) is 19.7. The number of anilines is 2. The van der Waals surface area contributed by atoms with E-state index in [1.54, 1.807) is 0 Å². The molecule has 6 nitrogen and oxygen atoms in total. The molecule has 29 heavy (non-hydrogen) atoms. The molecule has 2 saturated heterocycles. The Bertz CT molecular complexity index is 837. The van der Waals surface area contributed by atoms with Crippen LogP contribution in [-0.2, 0) is 11.3 Å². The SMILES string of the molecule is Cc1ccc(C)c(CNC(=O)C2CCN(c3cnc(N4CCCC4)nc3)CC2)c1. The van der Waals surface area contributed by atoms with Crippen LogP contribution in [0, 0.1) is 19.8 Å². The van der Waals surface area contributed by atoms with E-state index < -0.39 is 0 Å². The smallest absolute Gasteiger partial charge is 0.225 e. The molecule has 0 radical (unpaired) electrons. The maximum Gasteiger partial charge on any atom is 0.225 e. The first-order valence-corrected chi connectivity index (χ1v) is 10.8. The number of carbonyl (C=O) groups is 1. The van der Waals surface area contributed by atoms with Crippen molar-refractivity contribution in [2.45, 2.75) is 46.1 Å². The average Bonchev–Trinajstić information content (AvgIpc) is 3.29. The second-order valence-electron chi connectivity index (χ2n) is 8.34. The third-order valence-electron chi connectivity index (χ3n) is 6.20. The van der Waals surface area contributed by atoms with Gasteiger partial charge in [0, 0.05) is 38.6 Å². The van der Waals surface area contributed by atoms with E-state index in [0.29, 0.717) is 6.54 Å². The van der Waals surface area contributed by atoms with Gasteiger partial charge in [-0.05, 0) is 50.7 Å². The van der Waals surface area contributed by atoms with Gasteiger partial charge in [0.1, 0.15) is 0 Å². The van der Waals surface area contributed by atoms with Crippen LogP contribution in [0.15, 0.2) is 30.6 Å². The minimum absolute atomic E-state index is 0.0844. The van der Waals surface area contributed by atoms with E-state index in [1.165, 1.54) is 29.5 Å². The minimum Gasteiger partial charge on any atom is -0.369 e. The summed E-state index contributed by atoms with van der Waals surface area (Å²) < 4.78 is 0. The van der Waals surface area contributed by atoms with Gasteiger partial charge >= 0.3 is 0 Å². The normalized spacial score (nSPS) is 17.6. The Morgan fingerprint density at radius 2 is 1.72 bits per heavy atom. The van der Waals surface area contributed by atoms with E-state index in [-0.39, 0.29) is 11.8 Å². The highest BCUT2D eigenvalue weighted by Gasteiger charge is 2.25. The number of nitrogens with one attached hydrogen (secondary N) is 1. The van der Waals surface area contributed by atoms with Gasteiger partial charge in [-0.15, -0.1) is 0 Å². The summed E-state index contributed by atoms with van der Waals surface area (Å²) >= 11 is 0. The molecule has 1 N–H and O–H groups in total. The number of carbonyl (C=O) groups excluding carboxylic acids is 1. The standard InChI is InChI=1S/C23H31N5O/c1-17-5-6-18(2)20(13-17)14-24-22(29)19-7-11-27(12-8-19)21-15-25-23(26-16-21)28-9-3-4-10-28/h5-6,13,15-16,19H,3-4,7-12,14H2,1-2H3,(H,24,29). The summed E-state index contributed by atoms with van der Waals surface area (Å²) in [7, 11) is 0. The van der Waals surface area contributed by atoms with E-state index in [0.717, 1.165) is 50.7 Å². The predicted molar refractivity (Wildman–Crippen MR) is 116 cm³/mol. The molecule has 0 saturated carbocycles. The Morgan fingerprint density at radius 3 is 2.41 bits per heavy atom. The molecule has 3 heterocycles. The second kappa shape index (κ2) is 8.80. The molecule has 2 aromatic rings. The molecule has 0 aliphatic carbocycles. The van der Waals surface area contributed by atoms with Crippen LogP contribution in [0.3, 0.4) is 0 Å². The highest BCUT2D eigenvalue weighted by Crippen LogP contribution is 2.24. The number of aryl methyl sites for hydroxylation is 2. The largest absolute Gasteiger partial charge is 0.369 e. The van der Waals surface area contributed by atoms with Crippen LogP contribution in [-0.4, -0.2) is 42.1 Å². The molecule has 1 amide bonds. The van der Waals surface area contributed by atoms with Crippen LogP contribution in [0.25, 0.3) is 0 Å². The second-order valence-corrected chi connectivity index (χ2v) is 8.34. The van der Waals surface area contributed by atoms with Gasteiger partial charge in [0.05, 0.1) is 18.1 Å². The van der Waals surface area contributed by atoms with Gasteiger partial charge in [-0.2, -0.15) is 0 Å². The summed E-state index contributed by atoms with van der Waals surface area (Å²) in [4.78, 5) is 26.3. The Hall–Kier alpha value is -2.63. The van der Waals surface area contributed by atoms with Crippen molar-refractivity contribution in [2.75, 3.05) is 36.0 Å². The molecule has 4 rings (SSSR count). The molecule has 154 valence electrons. The van der Waals surface area contributed by atoms with Crippen LogP contribution >= 0.6 is 0 Å². The van der Waals surface area contributed by atoms with Crippen molar-refractivity contribution in [1.29, 1.82) is 0 Å². The van der Waals surface area contributed by atoms with E-state index in [1.807, 2.05) is 12.4 Å². The Kier molecular flexibility index (Phi) is 5.97. The maximum absolute atomic E-state index is 12.6. The van der Waals surface area contributed by atoms with Gasteiger partial charge < -0.3 is 15.1 Å². The van der Waals surface area contributed by atoms with Gasteiger partial charge in [-0.25, -0.2) is 9.97 Å². The summed E-state index contributed by atoms with van der Waals surface area (Å²) in [6.45, 7) is 8.64. The van der Waals surface area contributed by atoms with E-state index in [2.05, 4.69) is 57.1 Å². The first-order valence-electron chi connectivity index (χ1n) is 10.8. The lowest BCUT2D eigenvalue weighted by Gasteiger charge is -2.32. The zero-order chi connectivity index (χ0) is 20.2. The lowest BCUT2D eigenvalue weighted by molar-refractivity contribution is -0.125. The molecular formula is C23H31N5O. The van der Waals surface area contributed by atoms with Crippen molar-refractivity contribution in [3.63, 3.8) is 0 Å². The molecular weight excluding hydrogens is 362 g/mol. The molecule has 1 aromatic heterocycles. The number of nitrogens with zero attached hydrogens (tertiary/aromatic N) is 4. The fourth-order valence-corrected chi connectivity index (χ4v) is 4.28. The molecule has 2 aliphatic rings. The topological polar surface area (TPSA) is 61.4 Å². The summed E-state index contributed by atoms with van der Waals surface area (Å²) in [5.74, 6) is 1.10. The lowest BCUT2D eigenvalue weighted by Crippen LogP contribution is -2.40. The van der Waals surface area contributed by atoms with Gasteiger partial charge in [-0.1, -0.05) is 23.8 Å². The number of aromatic nitrogens is 2. The molecule has 0 unspecified atom stereocenters. The van der Waals surface area contributed by atoms with Gasteiger partial charge in [0.15, 0.2) is 0 Å². The summed E-state index contributed by atoms with van der Waals surface area (Å²) in [6.07, 6.45) is 8.05. The maximum atomic E-state index is 12.6. The molecule has 0 spiro atoms. The zero-order valence-corrected chi connectivity index (χ0v) is 17.5. The summed E-state index contributed by atoms with van der Waals surface area (Å²) in [6, 6.07) is 6.38. The number of hydrogen-bond donors (Lipinski definition) is 1. The number of piperidine rings is 1. The van der Waals surface area contributed by atoms with Crippen LogP contribution in [0.2, 0.25) is 0 Å². The van der Waals surface area contributed by atoms with Gasteiger partial charge in [0.25, 0.3) is 0 Å². The van der Waals surface area contributed by atoms with E-state index in [4.69, 9.17) is 0 Å². The Balaban J connectivity index is 1.27. The molecule has 0 bridgehead atoms.